The Kier molecular flexibility index (Phi) is 4.21. The first-order chi connectivity index (χ1) is 9.79. The summed E-state index contributed by atoms with van der Waals surface area (Å²) in [6, 6.07) is 0. The van der Waals surface area contributed by atoms with Crippen molar-refractivity contribution in [1.82, 2.24) is 4.90 Å². The number of likely N-dealkylation sites (tertiary alicyclic amines) is 1. The number of hydrogen-bond acceptors (Lipinski definition) is 5. The highest BCUT2D eigenvalue weighted by atomic mass is 16.5. The van der Waals surface area contributed by atoms with Crippen LogP contribution in [0.5, 0.6) is 0 Å². The molecular formula is C16H23NO4. The molecule has 0 bridgehead atoms. The van der Waals surface area contributed by atoms with Gasteiger partial charge in [0.05, 0.1) is 12.7 Å². The first kappa shape index (κ1) is 15.7. The van der Waals surface area contributed by atoms with Crippen LogP contribution in [-0.2, 0) is 19.1 Å². The van der Waals surface area contributed by atoms with Gasteiger partial charge in [0, 0.05) is 25.2 Å². The van der Waals surface area contributed by atoms with E-state index in [9.17, 15) is 14.4 Å². The van der Waals surface area contributed by atoms with Crippen LogP contribution in [0.25, 0.3) is 0 Å². The van der Waals surface area contributed by atoms with Crippen molar-refractivity contribution >= 4 is 17.5 Å². The monoisotopic (exact) mass is 293 g/mol. The third-order valence-electron chi connectivity index (χ3n) is 4.56. The predicted molar refractivity (Wildman–Crippen MR) is 77.4 cm³/mol. The number of rotatable bonds is 2. The second kappa shape index (κ2) is 5.62. The summed E-state index contributed by atoms with van der Waals surface area (Å²) < 4.78 is 4.78. The molecule has 1 saturated heterocycles. The van der Waals surface area contributed by atoms with Crippen molar-refractivity contribution in [3.05, 3.63) is 11.3 Å². The van der Waals surface area contributed by atoms with Crippen LogP contribution in [0.15, 0.2) is 11.3 Å². The largest absolute Gasteiger partial charge is 0.468 e. The van der Waals surface area contributed by atoms with Gasteiger partial charge in [0.25, 0.3) is 0 Å². The van der Waals surface area contributed by atoms with E-state index >= 15 is 0 Å². The molecule has 5 heteroatoms. The predicted octanol–water partition coefficient (Wildman–Crippen LogP) is 1.71. The number of allylic oxidation sites excluding steroid dienone is 2. The van der Waals surface area contributed by atoms with Gasteiger partial charge in [-0.3, -0.25) is 14.4 Å². The molecule has 0 spiro atoms. The smallest absolute Gasteiger partial charge is 0.317 e. The van der Waals surface area contributed by atoms with Gasteiger partial charge in [-0.25, -0.2) is 0 Å². The molecule has 0 radical (unpaired) electrons. The Morgan fingerprint density at radius 1 is 1.24 bits per heavy atom. The molecule has 1 saturated carbocycles. The molecule has 2 aliphatic rings. The van der Waals surface area contributed by atoms with Crippen LogP contribution in [0.1, 0.15) is 40.0 Å². The standard InChI is InChI=1S/C16H23NO4/c1-10(17-7-5-6-8-17)12-11(18)9-16(2,3)13(14(12)19)15(20)21-4/h13H,5-9H2,1-4H3/b12-10-. The lowest BCUT2D eigenvalue weighted by Gasteiger charge is -2.36. The summed E-state index contributed by atoms with van der Waals surface area (Å²) in [6.45, 7) is 7.08. The highest BCUT2D eigenvalue weighted by Crippen LogP contribution is 2.41. The first-order valence-electron chi connectivity index (χ1n) is 7.40. The summed E-state index contributed by atoms with van der Waals surface area (Å²) in [4.78, 5) is 39.2. The molecule has 2 rings (SSSR count). The first-order valence-corrected chi connectivity index (χ1v) is 7.40. The summed E-state index contributed by atoms with van der Waals surface area (Å²) in [5.41, 5.74) is 0.217. The van der Waals surface area contributed by atoms with Gasteiger partial charge in [-0.05, 0) is 25.2 Å². The molecule has 116 valence electrons. The van der Waals surface area contributed by atoms with E-state index < -0.39 is 17.3 Å². The second-order valence-corrected chi connectivity index (χ2v) is 6.56. The third kappa shape index (κ3) is 2.74. The molecule has 0 amide bonds. The molecule has 1 unspecified atom stereocenters. The number of Topliss-reactive ketones (excluding diaryl/α,β-unsaturated/α-hetero) is 2. The van der Waals surface area contributed by atoms with Crippen LogP contribution in [0.2, 0.25) is 0 Å². The third-order valence-corrected chi connectivity index (χ3v) is 4.56. The van der Waals surface area contributed by atoms with E-state index in [1.165, 1.54) is 7.11 Å². The van der Waals surface area contributed by atoms with Crippen LogP contribution in [0.4, 0.5) is 0 Å². The van der Waals surface area contributed by atoms with Gasteiger partial charge < -0.3 is 9.64 Å². The van der Waals surface area contributed by atoms with Gasteiger partial charge in [-0.1, -0.05) is 13.8 Å². The van der Waals surface area contributed by atoms with Gasteiger partial charge in [0.2, 0.25) is 0 Å². The average Bonchev–Trinajstić information content (AvgIpc) is 2.90. The Bertz CT molecular complexity index is 512. The maximum atomic E-state index is 12.7. The molecule has 0 aromatic rings. The van der Waals surface area contributed by atoms with Crippen molar-refractivity contribution in [3.63, 3.8) is 0 Å². The quantitative estimate of drug-likeness (QED) is 0.336. The van der Waals surface area contributed by atoms with E-state index in [1.807, 2.05) is 6.92 Å². The van der Waals surface area contributed by atoms with Gasteiger partial charge >= 0.3 is 5.97 Å². The molecule has 5 nitrogen and oxygen atoms in total. The van der Waals surface area contributed by atoms with E-state index in [-0.39, 0.29) is 23.6 Å². The minimum absolute atomic E-state index is 0.158. The Labute approximate surface area is 125 Å². The van der Waals surface area contributed by atoms with Gasteiger partial charge in [-0.2, -0.15) is 0 Å². The van der Waals surface area contributed by atoms with Crippen molar-refractivity contribution in [2.24, 2.45) is 11.3 Å². The fourth-order valence-electron chi connectivity index (χ4n) is 3.38. The molecule has 1 heterocycles. The number of ether oxygens (including phenoxy) is 1. The summed E-state index contributed by atoms with van der Waals surface area (Å²) >= 11 is 0. The Balaban J connectivity index is 2.43. The minimum atomic E-state index is -0.896. The van der Waals surface area contributed by atoms with E-state index in [4.69, 9.17) is 4.74 Å². The second-order valence-electron chi connectivity index (χ2n) is 6.56. The summed E-state index contributed by atoms with van der Waals surface area (Å²) in [5, 5.41) is 0. The topological polar surface area (TPSA) is 63.7 Å². The zero-order chi connectivity index (χ0) is 15.8. The number of carbonyl (C=O) groups excluding carboxylic acids is 3. The molecule has 0 aromatic heterocycles. The Morgan fingerprint density at radius 2 is 1.81 bits per heavy atom. The highest BCUT2D eigenvalue weighted by Gasteiger charge is 2.50. The maximum absolute atomic E-state index is 12.7. The van der Waals surface area contributed by atoms with E-state index in [2.05, 4.69) is 4.90 Å². The SMILES string of the molecule is COC(=O)C1C(=O)/C(=C(/C)N2CCCC2)C(=O)CC1(C)C. The molecule has 0 N–H and O–H groups in total. The van der Waals surface area contributed by atoms with E-state index in [1.54, 1.807) is 13.8 Å². The van der Waals surface area contributed by atoms with Crippen molar-refractivity contribution in [1.29, 1.82) is 0 Å². The van der Waals surface area contributed by atoms with Crippen molar-refractivity contribution in [2.45, 2.75) is 40.0 Å². The fourth-order valence-corrected chi connectivity index (χ4v) is 3.38. The number of ketones is 2. The fraction of sp³-hybridized carbons (Fsp3) is 0.688. The lowest BCUT2D eigenvalue weighted by atomic mass is 9.65. The average molecular weight is 293 g/mol. The normalized spacial score (nSPS) is 27.8. The molecule has 2 fully saturated rings. The van der Waals surface area contributed by atoms with Crippen molar-refractivity contribution in [2.75, 3.05) is 20.2 Å². The van der Waals surface area contributed by atoms with E-state index in [0.29, 0.717) is 5.70 Å². The lowest BCUT2D eigenvalue weighted by molar-refractivity contribution is -0.155. The summed E-state index contributed by atoms with van der Waals surface area (Å²) in [6.07, 6.45) is 2.33. The number of esters is 1. The van der Waals surface area contributed by atoms with Crippen molar-refractivity contribution < 1.29 is 19.1 Å². The van der Waals surface area contributed by atoms with Crippen LogP contribution >= 0.6 is 0 Å². The molecule has 1 atom stereocenters. The molecule has 0 aromatic carbocycles. The molecule has 1 aliphatic carbocycles. The summed E-state index contributed by atoms with van der Waals surface area (Å²) in [7, 11) is 1.28. The Hall–Kier alpha value is -1.65. The number of carbonyl (C=O) groups is 3. The highest BCUT2D eigenvalue weighted by molar-refractivity contribution is 6.27. The van der Waals surface area contributed by atoms with Crippen molar-refractivity contribution in [3.8, 4) is 0 Å². The molecule has 21 heavy (non-hydrogen) atoms. The zero-order valence-corrected chi connectivity index (χ0v) is 13.2. The number of nitrogens with zero attached hydrogens (tertiary/aromatic N) is 1. The van der Waals surface area contributed by atoms with Gasteiger partial charge in [0.1, 0.15) is 5.92 Å². The van der Waals surface area contributed by atoms with Crippen LogP contribution < -0.4 is 0 Å². The van der Waals surface area contributed by atoms with Crippen LogP contribution in [-0.4, -0.2) is 42.6 Å². The minimum Gasteiger partial charge on any atom is -0.468 e. The number of methoxy groups -OCH3 is 1. The Morgan fingerprint density at radius 3 is 2.33 bits per heavy atom. The van der Waals surface area contributed by atoms with Crippen LogP contribution in [0, 0.1) is 11.3 Å². The lowest BCUT2D eigenvalue weighted by Crippen LogP contribution is -2.47. The van der Waals surface area contributed by atoms with Crippen LogP contribution in [0.3, 0.4) is 0 Å². The maximum Gasteiger partial charge on any atom is 0.317 e. The zero-order valence-electron chi connectivity index (χ0n) is 13.2. The summed E-state index contributed by atoms with van der Waals surface area (Å²) in [5.74, 6) is -1.99. The molecule has 1 aliphatic heterocycles. The molecular weight excluding hydrogens is 270 g/mol. The van der Waals surface area contributed by atoms with Gasteiger partial charge in [0.15, 0.2) is 11.6 Å². The van der Waals surface area contributed by atoms with Gasteiger partial charge in [-0.15, -0.1) is 0 Å². The number of hydrogen-bond donors (Lipinski definition) is 0. The van der Waals surface area contributed by atoms with E-state index in [0.717, 1.165) is 25.9 Å².